The third-order valence-corrected chi connectivity index (χ3v) is 5.05. The van der Waals surface area contributed by atoms with Crippen LogP contribution in [0.2, 0.25) is 0 Å². The molecule has 0 atom stereocenters. The number of carbonyl (C=O) groups is 1. The maximum absolute atomic E-state index is 12.4. The molecule has 2 rings (SSSR count). The van der Waals surface area contributed by atoms with Gasteiger partial charge in [0, 0.05) is 25.0 Å². The molecule has 1 aliphatic carbocycles. The average molecular weight is 395 g/mol. The van der Waals surface area contributed by atoms with E-state index in [4.69, 9.17) is 5.26 Å². The molecule has 1 aromatic carbocycles. The number of carbonyl (C=O) groups excluding carboxylic acids is 1. The number of nitriles is 1. The number of aliphatic imine (C=N–C) groups is 1. The van der Waals surface area contributed by atoms with Crippen molar-refractivity contribution in [2.24, 2.45) is 4.99 Å². The van der Waals surface area contributed by atoms with E-state index < -0.39 is 23.9 Å². The van der Waals surface area contributed by atoms with Crippen LogP contribution in [0.3, 0.4) is 0 Å². The van der Waals surface area contributed by atoms with Crippen molar-refractivity contribution in [2.45, 2.75) is 49.7 Å². The van der Waals surface area contributed by atoms with Crippen LogP contribution >= 0.6 is 0 Å². The van der Waals surface area contributed by atoms with Crippen LogP contribution in [0.5, 0.6) is 0 Å². The third-order valence-electron chi connectivity index (χ3n) is 5.05. The molecule has 0 aliphatic heterocycles. The molecular formula is C19H24F3N5O. The number of amides is 1. The topological polar surface area (TPSA) is 89.3 Å². The van der Waals surface area contributed by atoms with Gasteiger partial charge in [-0.1, -0.05) is 30.3 Å². The van der Waals surface area contributed by atoms with Gasteiger partial charge in [0.05, 0.1) is 0 Å². The lowest BCUT2D eigenvalue weighted by Gasteiger charge is -2.41. The summed E-state index contributed by atoms with van der Waals surface area (Å²) in [5.41, 5.74) is 0.577. The Bertz CT molecular complexity index is 719. The molecule has 3 N–H and O–H groups in total. The average Bonchev–Trinajstić information content (AvgIpc) is 2.66. The van der Waals surface area contributed by atoms with Crippen LogP contribution in [0.4, 0.5) is 13.2 Å². The lowest BCUT2D eigenvalue weighted by molar-refractivity contribution is -0.154. The molecule has 6 nitrogen and oxygen atoms in total. The minimum atomic E-state index is -4.52. The van der Waals surface area contributed by atoms with Crippen LogP contribution in [-0.2, 0) is 10.2 Å². The highest BCUT2D eigenvalue weighted by Crippen LogP contribution is 2.39. The predicted molar refractivity (Wildman–Crippen MR) is 99.3 cm³/mol. The van der Waals surface area contributed by atoms with Crippen LogP contribution in [0.25, 0.3) is 0 Å². The van der Waals surface area contributed by atoms with E-state index in [1.165, 1.54) is 0 Å². The van der Waals surface area contributed by atoms with Crippen molar-refractivity contribution < 1.29 is 18.0 Å². The monoisotopic (exact) mass is 395 g/mol. The highest BCUT2D eigenvalue weighted by Gasteiger charge is 2.38. The number of alkyl halides is 3. The van der Waals surface area contributed by atoms with E-state index in [0.29, 0.717) is 18.8 Å². The fourth-order valence-electron chi connectivity index (χ4n) is 3.59. The van der Waals surface area contributed by atoms with Crippen molar-refractivity contribution in [3.63, 3.8) is 0 Å². The van der Waals surface area contributed by atoms with E-state index in [-0.39, 0.29) is 12.6 Å². The van der Waals surface area contributed by atoms with Gasteiger partial charge in [0.1, 0.15) is 6.42 Å². The number of hydrogen-bond donors (Lipinski definition) is 3. The van der Waals surface area contributed by atoms with Gasteiger partial charge in [-0.2, -0.15) is 18.4 Å². The van der Waals surface area contributed by atoms with E-state index in [1.807, 2.05) is 36.5 Å². The molecular weight excluding hydrogens is 371 g/mol. The van der Waals surface area contributed by atoms with Gasteiger partial charge in [0.15, 0.2) is 6.19 Å². The summed E-state index contributed by atoms with van der Waals surface area (Å²) in [7, 11) is 1.57. The first-order valence-corrected chi connectivity index (χ1v) is 9.05. The Morgan fingerprint density at radius 1 is 1.29 bits per heavy atom. The highest BCUT2D eigenvalue weighted by atomic mass is 19.4. The number of nitrogens with one attached hydrogen (secondary N) is 3. The van der Waals surface area contributed by atoms with Crippen LogP contribution < -0.4 is 16.0 Å². The molecule has 9 heteroatoms. The van der Waals surface area contributed by atoms with Gasteiger partial charge in [-0.3, -0.25) is 15.1 Å². The van der Waals surface area contributed by atoms with Gasteiger partial charge in [-0.25, -0.2) is 0 Å². The molecule has 0 unspecified atom stereocenters. The quantitative estimate of drug-likeness (QED) is 0.309. The second-order valence-electron chi connectivity index (χ2n) is 6.94. The summed E-state index contributed by atoms with van der Waals surface area (Å²) >= 11 is 0. The van der Waals surface area contributed by atoms with Crippen LogP contribution in [0.15, 0.2) is 35.3 Å². The zero-order valence-electron chi connectivity index (χ0n) is 15.6. The van der Waals surface area contributed by atoms with E-state index in [9.17, 15) is 18.0 Å². The van der Waals surface area contributed by atoms with E-state index >= 15 is 0 Å². The number of guanidine groups is 1. The summed E-state index contributed by atoms with van der Waals surface area (Å²) in [5, 5.41) is 16.9. The molecule has 0 radical (unpaired) electrons. The first kappa shape index (κ1) is 21.5. The number of halogens is 3. The number of rotatable bonds is 5. The highest BCUT2D eigenvalue weighted by molar-refractivity contribution is 5.81. The Morgan fingerprint density at radius 2 is 1.93 bits per heavy atom. The second kappa shape index (κ2) is 9.44. The summed E-state index contributed by atoms with van der Waals surface area (Å²) < 4.78 is 37.3. The standard InChI is InChI=1S/C19H24F3N5O/c1-24-17(26-13-23)27-15-7-9-18(10-8-15,14-5-3-2-4-6-14)12-25-16(28)11-19(20,21)22/h2-6,15H,7-12H2,1H3,(H,25,28)(H2,24,26,27). The normalized spacial score (nSPS) is 22.8. The number of hydrogen-bond acceptors (Lipinski definition) is 3. The Hall–Kier alpha value is -2.76. The van der Waals surface area contributed by atoms with E-state index in [2.05, 4.69) is 20.9 Å². The molecule has 0 spiro atoms. The Labute approximate surface area is 162 Å². The molecule has 1 aliphatic rings. The summed E-state index contributed by atoms with van der Waals surface area (Å²) in [5.74, 6) is -0.625. The van der Waals surface area contributed by atoms with Crippen molar-refractivity contribution in [2.75, 3.05) is 13.6 Å². The van der Waals surface area contributed by atoms with Crippen molar-refractivity contribution in [1.29, 1.82) is 5.26 Å². The summed E-state index contributed by atoms with van der Waals surface area (Å²) in [6.07, 6.45) is -1.34. The molecule has 0 saturated heterocycles. The molecule has 0 aromatic heterocycles. The van der Waals surface area contributed by atoms with Crippen molar-refractivity contribution >= 4 is 11.9 Å². The smallest absolute Gasteiger partial charge is 0.355 e. The van der Waals surface area contributed by atoms with Gasteiger partial charge < -0.3 is 10.6 Å². The molecule has 0 heterocycles. The number of benzene rings is 1. The van der Waals surface area contributed by atoms with Crippen molar-refractivity contribution in [1.82, 2.24) is 16.0 Å². The molecule has 1 aromatic rings. The summed E-state index contributed by atoms with van der Waals surface area (Å²) in [6.45, 7) is 0.157. The zero-order chi connectivity index (χ0) is 20.6. The maximum Gasteiger partial charge on any atom is 0.397 e. The van der Waals surface area contributed by atoms with Crippen molar-refractivity contribution in [3.05, 3.63) is 35.9 Å². The zero-order valence-corrected chi connectivity index (χ0v) is 15.6. The Kier molecular flexibility index (Phi) is 7.26. The first-order chi connectivity index (χ1) is 13.3. The Balaban J connectivity index is 2.06. The van der Waals surface area contributed by atoms with Gasteiger partial charge in [-0.15, -0.1) is 0 Å². The molecule has 1 saturated carbocycles. The van der Waals surface area contributed by atoms with Crippen molar-refractivity contribution in [3.8, 4) is 6.19 Å². The van der Waals surface area contributed by atoms with Gasteiger partial charge in [0.2, 0.25) is 11.9 Å². The Morgan fingerprint density at radius 3 is 2.46 bits per heavy atom. The molecule has 1 fully saturated rings. The van der Waals surface area contributed by atoms with Crippen LogP contribution in [0, 0.1) is 11.5 Å². The van der Waals surface area contributed by atoms with E-state index in [0.717, 1.165) is 18.4 Å². The van der Waals surface area contributed by atoms with Gasteiger partial charge in [-0.05, 0) is 31.2 Å². The minimum absolute atomic E-state index is 0.0854. The fourth-order valence-corrected chi connectivity index (χ4v) is 3.59. The molecule has 0 bridgehead atoms. The first-order valence-electron chi connectivity index (χ1n) is 9.05. The van der Waals surface area contributed by atoms with Crippen LogP contribution in [0.1, 0.15) is 37.7 Å². The summed E-state index contributed by atoms with van der Waals surface area (Å²) in [4.78, 5) is 15.7. The molecule has 28 heavy (non-hydrogen) atoms. The maximum atomic E-state index is 12.4. The largest absolute Gasteiger partial charge is 0.397 e. The van der Waals surface area contributed by atoms with E-state index in [1.54, 1.807) is 7.05 Å². The molecule has 152 valence electrons. The lowest BCUT2D eigenvalue weighted by Crippen LogP contribution is -2.49. The summed E-state index contributed by atoms with van der Waals surface area (Å²) in [6, 6.07) is 9.63. The minimum Gasteiger partial charge on any atom is -0.355 e. The second-order valence-corrected chi connectivity index (χ2v) is 6.94. The van der Waals surface area contributed by atoms with Gasteiger partial charge >= 0.3 is 6.18 Å². The van der Waals surface area contributed by atoms with Crippen LogP contribution in [-0.4, -0.2) is 37.7 Å². The third kappa shape index (κ3) is 6.15. The lowest BCUT2D eigenvalue weighted by atomic mass is 9.68. The van der Waals surface area contributed by atoms with Gasteiger partial charge in [0.25, 0.3) is 0 Å². The number of nitrogens with zero attached hydrogens (tertiary/aromatic N) is 2. The predicted octanol–water partition coefficient (Wildman–Crippen LogP) is 2.58. The SMILES string of the molecule is CN=C(NC#N)NC1CCC(CNC(=O)CC(F)(F)F)(c2ccccc2)CC1. The molecule has 1 amide bonds. The fraction of sp³-hybridized carbons (Fsp3) is 0.526.